The number of methoxy groups -OCH3 is 1. The van der Waals surface area contributed by atoms with Gasteiger partial charge in [0.1, 0.15) is 24.0 Å². The van der Waals surface area contributed by atoms with Gasteiger partial charge in [-0.1, -0.05) is 29.8 Å². The molecule has 0 unspecified atom stereocenters. The summed E-state index contributed by atoms with van der Waals surface area (Å²) in [6, 6.07) is 9.93. The van der Waals surface area contributed by atoms with Crippen LogP contribution < -0.4 is 14.4 Å². The molecule has 0 heterocycles. The van der Waals surface area contributed by atoms with Crippen molar-refractivity contribution in [2.45, 2.75) is 33.4 Å². The lowest BCUT2D eigenvalue weighted by atomic mass is 10.1. The topological polar surface area (TPSA) is 139 Å². The number of non-ortho nitro benzene ring substituents is 1. The maximum Gasteiger partial charge on any atom is 0.271 e. The molecule has 0 fully saturated rings. The summed E-state index contributed by atoms with van der Waals surface area (Å²) in [5.41, 5.74) is 1.25. The van der Waals surface area contributed by atoms with Crippen molar-refractivity contribution in [2.24, 2.45) is 0 Å². The number of carbonyl (C=O) groups excluding carboxylic acids is 2. The monoisotopic (exact) mass is 506 g/mol. The lowest BCUT2D eigenvalue weighted by Gasteiger charge is -2.31. The van der Waals surface area contributed by atoms with Crippen molar-refractivity contribution in [2.75, 3.05) is 30.8 Å². The minimum Gasteiger partial charge on any atom is -0.495 e. The molecule has 0 saturated carbocycles. The zero-order valence-corrected chi connectivity index (χ0v) is 21.2. The second kappa shape index (κ2) is 11.6. The Kier molecular flexibility index (Phi) is 9.18. The molecule has 0 aliphatic heterocycles. The summed E-state index contributed by atoms with van der Waals surface area (Å²) in [6.07, 6.45) is 0.885. The van der Waals surface area contributed by atoms with E-state index in [1.165, 1.54) is 24.1 Å². The van der Waals surface area contributed by atoms with Crippen LogP contribution in [0.3, 0.4) is 0 Å². The Balaban J connectivity index is 2.50. The molecule has 1 N–H and O–H groups in total. The Hall–Kier alpha value is -3.67. The van der Waals surface area contributed by atoms with Gasteiger partial charge in [0.05, 0.1) is 18.3 Å². The Morgan fingerprint density at radius 2 is 1.80 bits per heavy atom. The van der Waals surface area contributed by atoms with Gasteiger partial charge in [-0.2, -0.15) is 0 Å². The van der Waals surface area contributed by atoms with E-state index in [2.05, 4.69) is 5.32 Å². The highest BCUT2D eigenvalue weighted by Gasteiger charge is 2.31. The average Bonchev–Trinajstić information content (AvgIpc) is 2.80. The summed E-state index contributed by atoms with van der Waals surface area (Å²) in [5, 5.41) is 14.0. The zero-order valence-electron chi connectivity index (χ0n) is 20.3. The number of nitro groups is 1. The van der Waals surface area contributed by atoms with Crippen LogP contribution in [0.4, 0.5) is 11.4 Å². The number of likely N-dealkylation sites (N-methyl/N-ethyl adjacent to an activating group) is 1. The molecule has 2 aromatic rings. The first-order chi connectivity index (χ1) is 16.4. The van der Waals surface area contributed by atoms with Gasteiger partial charge in [0.15, 0.2) is 0 Å². The summed E-state index contributed by atoms with van der Waals surface area (Å²) in [4.78, 5) is 37.9. The van der Waals surface area contributed by atoms with Crippen LogP contribution in [-0.4, -0.2) is 62.6 Å². The number of hydrogen-bond acceptors (Lipinski definition) is 7. The van der Waals surface area contributed by atoms with E-state index in [0.29, 0.717) is 6.54 Å². The first-order valence-corrected chi connectivity index (χ1v) is 12.7. The number of rotatable bonds is 11. The van der Waals surface area contributed by atoms with Crippen LogP contribution in [-0.2, 0) is 26.2 Å². The molecular formula is C23H30N4O7S. The van der Waals surface area contributed by atoms with E-state index in [1.54, 1.807) is 13.8 Å². The summed E-state index contributed by atoms with van der Waals surface area (Å²) < 4.78 is 31.3. The summed E-state index contributed by atoms with van der Waals surface area (Å²) in [7, 11) is -2.79. The third-order valence-electron chi connectivity index (χ3n) is 5.31. The number of anilines is 1. The molecule has 0 aromatic heterocycles. The number of aryl methyl sites for hydroxylation is 1. The molecule has 0 aliphatic rings. The molecule has 0 aliphatic carbocycles. The quantitative estimate of drug-likeness (QED) is 0.364. The second-order valence-corrected chi connectivity index (χ2v) is 9.87. The molecule has 1 atom stereocenters. The van der Waals surface area contributed by atoms with Crippen molar-refractivity contribution in [3.63, 3.8) is 0 Å². The van der Waals surface area contributed by atoms with Gasteiger partial charge in [-0.15, -0.1) is 0 Å². The Morgan fingerprint density at radius 3 is 2.31 bits per heavy atom. The summed E-state index contributed by atoms with van der Waals surface area (Å²) in [5.74, 6) is -1.02. The predicted molar refractivity (Wildman–Crippen MR) is 132 cm³/mol. The molecular weight excluding hydrogens is 476 g/mol. The predicted octanol–water partition coefficient (Wildman–Crippen LogP) is 2.23. The van der Waals surface area contributed by atoms with Crippen LogP contribution >= 0.6 is 0 Å². The largest absolute Gasteiger partial charge is 0.495 e. The number of carbonyl (C=O) groups is 2. The molecule has 12 heteroatoms. The van der Waals surface area contributed by atoms with Gasteiger partial charge in [0.25, 0.3) is 5.69 Å². The Bertz CT molecular complexity index is 1180. The fraction of sp³-hybridized carbons (Fsp3) is 0.391. The molecule has 2 amide bonds. The van der Waals surface area contributed by atoms with Gasteiger partial charge in [0, 0.05) is 25.2 Å². The smallest absolute Gasteiger partial charge is 0.271 e. The van der Waals surface area contributed by atoms with Gasteiger partial charge < -0.3 is 15.0 Å². The molecule has 0 spiro atoms. The fourth-order valence-corrected chi connectivity index (χ4v) is 4.22. The van der Waals surface area contributed by atoms with E-state index in [9.17, 15) is 28.1 Å². The van der Waals surface area contributed by atoms with Crippen LogP contribution in [0.15, 0.2) is 42.5 Å². The first-order valence-electron chi connectivity index (χ1n) is 10.8. The molecule has 35 heavy (non-hydrogen) atoms. The van der Waals surface area contributed by atoms with Crippen LogP contribution in [0, 0.1) is 17.0 Å². The van der Waals surface area contributed by atoms with E-state index < -0.39 is 39.3 Å². The number of hydrogen-bond donors (Lipinski definition) is 1. The number of nitrogens with one attached hydrogen (secondary N) is 1. The van der Waals surface area contributed by atoms with E-state index in [4.69, 9.17) is 4.74 Å². The van der Waals surface area contributed by atoms with Crippen molar-refractivity contribution in [1.29, 1.82) is 0 Å². The van der Waals surface area contributed by atoms with Crippen LogP contribution in [0.25, 0.3) is 0 Å². The SMILES string of the molecule is CCNC(=O)[C@H](C)N(Cc1ccc(C)cc1)C(=O)CN(c1cc([N+](=O)[O-])ccc1OC)S(C)(=O)=O. The number of nitro benzene ring substituents is 1. The standard InChI is InChI=1S/C23H30N4O7S/c1-6-24-23(29)17(3)25(14-18-9-7-16(2)8-10-18)22(28)15-26(35(5,32)33)20-13-19(27(30)31)11-12-21(20)34-4/h7-13,17H,6,14-15H2,1-5H3,(H,24,29)/t17-/m0/s1. The van der Waals surface area contributed by atoms with Crippen molar-refractivity contribution in [3.05, 3.63) is 63.7 Å². The molecule has 2 aromatic carbocycles. The molecule has 11 nitrogen and oxygen atoms in total. The van der Waals surface area contributed by atoms with Crippen molar-refractivity contribution in [1.82, 2.24) is 10.2 Å². The molecule has 0 bridgehead atoms. The lowest BCUT2D eigenvalue weighted by molar-refractivity contribution is -0.384. The second-order valence-electron chi connectivity index (χ2n) is 7.96. The van der Waals surface area contributed by atoms with Crippen LogP contribution in [0.2, 0.25) is 0 Å². The van der Waals surface area contributed by atoms with Gasteiger partial charge in [-0.25, -0.2) is 8.42 Å². The summed E-state index contributed by atoms with van der Waals surface area (Å²) >= 11 is 0. The first kappa shape index (κ1) is 27.6. The minimum atomic E-state index is -4.07. The number of nitrogens with zero attached hydrogens (tertiary/aromatic N) is 3. The van der Waals surface area contributed by atoms with Gasteiger partial charge in [-0.3, -0.25) is 24.0 Å². The molecule has 0 saturated heterocycles. The van der Waals surface area contributed by atoms with Crippen molar-refractivity contribution < 1.29 is 27.7 Å². The number of ether oxygens (including phenoxy) is 1. The van der Waals surface area contributed by atoms with Gasteiger partial charge in [-0.05, 0) is 32.4 Å². The van der Waals surface area contributed by atoms with Crippen molar-refractivity contribution in [3.8, 4) is 5.75 Å². The number of sulfonamides is 1. The molecule has 190 valence electrons. The van der Waals surface area contributed by atoms with Crippen molar-refractivity contribution >= 4 is 33.2 Å². The summed E-state index contributed by atoms with van der Waals surface area (Å²) in [6.45, 7) is 4.94. The number of amides is 2. The Labute approximate surface area is 204 Å². The highest BCUT2D eigenvalue weighted by atomic mass is 32.2. The third kappa shape index (κ3) is 7.15. The van der Waals surface area contributed by atoms with Gasteiger partial charge >= 0.3 is 0 Å². The molecule has 2 rings (SSSR count). The van der Waals surface area contributed by atoms with Crippen LogP contribution in [0.5, 0.6) is 5.75 Å². The van der Waals surface area contributed by atoms with E-state index >= 15 is 0 Å². The highest BCUT2D eigenvalue weighted by molar-refractivity contribution is 7.92. The minimum absolute atomic E-state index is 0.0377. The maximum absolute atomic E-state index is 13.5. The average molecular weight is 507 g/mol. The van der Waals surface area contributed by atoms with E-state index in [0.717, 1.165) is 27.8 Å². The van der Waals surface area contributed by atoms with E-state index in [1.807, 2.05) is 31.2 Å². The third-order valence-corrected chi connectivity index (χ3v) is 6.44. The normalized spacial score (nSPS) is 11.9. The lowest BCUT2D eigenvalue weighted by Crippen LogP contribution is -2.51. The fourth-order valence-electron chi connectivity index (χ4n) is 3.38. The maximum atomic E-state index is 13.5. The Morgan fingerprint density at radius 1 is 1.17 bits per heavy atom. The highest BCUT2D eigenvalue weighted by Crippen LogP contribution is 2.33. The van der Waals surface area contributed by atoms with E-state index in [-0.39, 0.29) is 23.7 Å². The molecule has 0 radical (unpaired) electrons. The zero-order chi connectivity index (χ0) is 26.3. The number of benzene rings is 2. The van der Waals surface area contributed by atoms with Crippen LogP contribution in [0.1, 0.15) is 25.0 Å². The van der Waals surface area contributed by atoms with Gasteiger partial charge in [0.2, 0.25) is 21.8 Å².